The van der Waals surface area contributed by atoms with E-state index in [9.17, 15) is 36.3 Å². The van der Waals surface area contributed by atoms with Crippen molar-refractivity contribution in [1.82, 2.24) is 4.13 Å². The summed E-state index contributed by atoms with van der Waals surface area (Å²) in [6, 6.07) is 1.55. The van der Waals surface area contributed by atoms with E-state index in [1.165, 1.54) is 4.13 Å². The molecule has 0 unspecified atom stereocenters. The van der Waals surface area contributed by atoms with Gasteiger partial charge in [-0.05, 0) is 17.7 Å². The summed E-state index contributed by atoms with van der Waals surface area (Å²) in [4.78, 5) is -2.25. The van der Waals surface area contributed by atoms with Gasteiger partial charge in [0.2, 0.25) is 20.0 Å². The summed E-state index contributed by atoms with van der Waals surface area (Å²) in [7, 11) is -18.6. The van der Waals surface area contributed by atoms with Crippen molar-refractivity contribution in [2.75, 3.05) is 6.26 Å². The molecule has 0 spiro atoms. The van der Waals surface area contributed by atoms with E-state index in [1.807, 2.05) is 0 Å². The molecule has 0 bridgehead atoms. The molecule has 0 fully saturated rings. The third kappa shape index (κ3) is 6.15. The Morgan fingerprint density at radius 2 is 1.57 bits per heavy atom. The highest BCUT2D eigenvalue weighted by molar-refractivity contribution is 8.45. The van der Waals surface area contributed by atoms with Crippen LogP contribution in [0.25, 0.3) is 0 Å². The van der Waals surface area contributed by atoms with Gasteiger partial charge in [-0.15, -0.1) is 4.13 Å². The van der Waals surface area contributed by atoms with Gasteiger partial charge in [0.15, 0.2) is 0 Å². The lowest BCUT2D eigenvalue weighted by Crippen LogP contribution is -2.30. The molecule has 13 heteroatoms. The normalized spacial score (nSPS) is 17.0. The second-order valence-electron chi connectivity index (χ2n) is 4.23. The highest BCUT2D eigenvalue weighted by atomic mass is 32.5. The highest BCUT2D eigenvalue weighted by Gasteiger charge is 2.65. The molecule has 1 rings (SSSR count). The van der Waals surface area contributed by atoms with Gasteiger partial charge in [0.05, 0.1) is 12.0 Å². The maximum absolute atomic E-state index is 12.6. The van der Waals surface area contributed by atoms with E-state index in [1.54, 1.807) is 0 Å². The maximum atomic E-state index is 12.6. The second kappa shape index (κ2) is 4.30. The zero-order valence-electron chi connectivity index (χ0n) is 10.3. The molecule has 0 aliphatic carbocycles. The van der Waals surface area contributed by atoms with Crippen LogP contribution in [0.5, 0.6) is 0 Å². The molecule has 0 heterocycles. The van der Waals surface area contributed by atoms with Crippen LogP contribution in [0, 0.1) is 0 Å². The minimum atomic E-state index is -9.93. The van der Waals surface area contributed by atoms with Gasteiger partial charge in [-0.25, -0.2) is 16.8 Å². The predicted molar refractivity (Wildman–Crippen MR) is 68.4 cm³/mol. The SMILES string of the molecule is CS(=O)(=O)NS(=O)(=O)Cc1cccc(S(F)(F)(F)(F)F)c1. The van der Waals surface area contributed by atoms with Crippen LogP contribution in [-0.4, -0.2) is 23.1 Å². The quantitative estimate of drug-likeness (QED) is 0.803. The number of sulfonamides is 2. The lowest BCUT2D eigenvalue weighted by molar-refractivity contribution is 0.364. The predicted octanol–water partition coefficient (Wildman–Crippen LogP) is 2.72. The van der Waals surface area contributed by atoms with Crippen LogP contribution in [0.1, 0.15) is 5.56 Å². The first kappa shape index (κ1) is 18.1. The van der Waals surface area contributed by atoms with Crippen LogP contribution in [0.15, 0.2) is 29.2 Å². The largest absolute Gasteiger partial charge is 0.310 e. The fraction of sp³-hybridized carbons (Fsp3) is 0.250. The van der Waals surface area contributed by atoms with Gasteiger partial charge in [-0.2, -0.15) is 0 Å². The molecule has 124 valence electrons. The van der Waals surface area contributed by atoms with Crippen molar-refractivity contribution in [3.05, 3.63) is 29.8 Å². The van der Waals surface area contributed by atoms with Crippen molar-refractivity contribution < 1.29 is 36.3 Å². The van der Waals surface area contributed by atoms with Gasteiger partial charge in [0, 0.05) is 0 Å². The Balaban J connectivity index is 3.21. The van der Waals surface area contributed by atoms with E-state index in [0.29, 0.717) is 12.3 Å². The third-order valence-corrected chi connectivity index (χ3v) is 6.06. The monoisotopic (exact) mass is 375 g/mol. The fourth-order valence-corrected chi connectivity index (χ4v) is 4.76. The molecular formula is C8H10F5NO4S3. The minimum Gasteiger partial charge on any atom is -0.212 e. The molecule has 5 nitrogen and oxygen atoms in total. The highest BCUT2D eigenvalue weighted by Crippen LogP contribution is 3.02. The fourth-order valence-electron chi connectivity index (χ4n) is 1.35. The smallest absolute Gasteiger partial charge is 0.212 e. The van der Waals surface area contributed by atoms with Gasteiger partial charge in [0.1, 0.15) is 4.90 Å². The topological polar surface area (TPSA) is 80.3 Å². The first-order valence-corrected chi connectivity index (χ1v) is 10.4. The van der Waals surface area contributed by atoms with Crippen molar-refractivity contribution in [3.63, 3.8) is 0 Å². The Morgan fingerprint density at radius 1 is 1.05 bits per heavy atom. The summed E-state index contributed by atoms with van der Waals surface area (Å²) >= 11 is 0. The molecule has 21 heavy (non-hydrogen) atoms. The van der Waals surface area contributed by atoms with Crippen molar-refractivity contribution in [2.45, 2.75) is 10.6 Å². The van der Waals surface area contributed by atoms with Crippen LogP contribution in [0.3, 0.4) is 0 Å². The van der Waals surface area contributed by atoms with Crippen molar-refractivity contribution in [2.24, 2.45) is 0 Å². The number of rotatable bonds is 5. The number of hydrogen-bond acceptors (Lipinski definition) is 4. The maximum Gasteiger partial charge on any atom is 0.310 e. The Morgan fingerprint density at radius 3 is 2.00 bits per heavy atom. The molecule has 0 saturated heterocycles. The minimum absolute atomic E-state index is 0.0247. The van der Waals surface area contributed by atoms with Crippen molar-refractivity contribution >= 4 is 30.3 Å². The summed E-state index contributed by atoms with van der Waals surface area (Å²) in [5.74, 6) is -1.19. The number of benzene rings is 1. The van der Waals surface area contributed by atoms with E-state index in [-0.39, 0.29) is 12.1 Å². The summed E-state index contributed by atoms with van der Waals surface area (Å²) in [5, 5.41) is 0. The third-order valence-electron chi connectivity index (χ3n) is 1.98. The second-order valence-corrected chi connectivity index (χ2v) is 10.4. The molecule has 1 aromatic carbocycles. The molecule has 1 aromatic rings. The van der Waals surface area contributed by atoms with E-state index in [2.05, 4.69) is 0 Å². The number of halogens is 5. The van der Waals surface area contributed by atoms with Crippen LogP contribution in [0.2, 0.25) is 0 Å². The molecular weight excluding hydrogens is 365 g/mol. The van der Waals surface area contributed by atoms with E-state index in [0.717, 1.165) is 6.07 Å². The molecule has 0 saturated carbocycles. The van der Waals surface area contributed by atoms with Gasteiger partial charge in [-0.3, -0.25) is 0 Å². The van der Waals surface area contributed by atoms with Crippen LogP contribution in [-0.2, 0) is 25.8 Å². The van der Waals surface area contributed by atoms with E-state index >= 15 is 0 Å². The summed E-state index contributed by atoms with van der Waals surface area (Å²) in [5.41, 5.74) is -0.628. The average Bonchev–Trinajstić information content (AvgIpc) is 2.08. The Bertz CT molecular complexity index is 770. The molecule has 0 atom stereocenters. The molecule has 0 aliphatic rings. The van der Waals surface area contributed by atoms with Crippen molar-refractivity contribution in [3.8, 4) is 0 Å². The van der Waals surface area contributed by atoms with E-state index in [4.69, 9.17) is 0 Å². The van der Waals surface area contributed by atoms with Crippen LogP contribution >= 0.6 is 10.2 Å². The first-order valence-electron chi connectivity index (χ1n) is 4.92. The average molecular weight is 375 g/mol. The molecule has 0 amide bonds. The molecule has 0 radical (unpaired) electrons. The summed E-state index contributed by atoms with van der Waals surface area (Å²) in [6.45, 7) is 0. The van der Waals surface area contributed by atoms with Crippen LogP contribution < -0.4 is 4.13 Å². The molecule has 1 N–H and O–H groups in total. The van der Waals surface area contributed by atoms with Crippen LogP contribution in [0.4, 0.5) is 19.4 Å². The zero-order valence-corrected chi connectivity index (χ0v) is 12.7. The molecule has 0 aromatic heterocycles. The number of nitrogens with one attached hydrogen (secondary N) is 1. The lowest BCUT2D eigenvalue weighted by atomic mass is 10.2. The Kier molecular flexibility index (Phi) is 3.71. The van der Waals surface area contributed by atoms with Gasteiger partial charge in [-0.1, -0.05) is 31.6 Å². The van der Waals surface area contributed by atoms with Gasteiger partial charge >= 0.3 is 10.2 Å². The zero-order chi connectivity index (χ0) is 16.8. The van der Waals surface area contributed by atoms with Crippen molar-refractivity contribution in [1.29, 1.82) is 0 Å². The summed E-state index contributed by atoms with van der Waals surface area (Å²) < 4.78 is 108. The van der Waals surface area contributed by atoms with Gasteiger partial charge in [0.25, 0.3) is 0 Å². The standard InChI is InChI=1S/C8H10F5NO4S3/c1-19(15,16)14-20(17,18)6-7-3-2-4-8(5-7)21(9,10,11,12)13/h2-5,14H,6H2,1H3. The Hall–Kier alpha value is -0.920. The molecule has 0 aliphatic heterocycles. The first-order chi connectivity index (χ1) is 8.88. The number of hydrogen-bond donors (Lipinski definition) is 1. The van der Waals surface area contributed by atoms with Gasteiger partial charge < -0.3 is 0 Å². The lowest BCUT2D eigenvalue weighted by Gasteiger charge is -2.40. The Labute approximate surface area is 118 Å². The van der Waals surface area contributed by atoms with E-state index < -0.39 is 46.5 Å². The summed E-state index contributed by atoms with van der Waals surface area (Å²) in [6.07, 6.45) is 0.523.